The highest BCUT2D eigenvalue weighted by Crippen LogP contribution is 2.09. The fourth-order valence-corrected chi connectivity index (χ4v) is 2.15. The lowest BCUT2D eigenvalue weighted by atomic mass is 9.79. The van der Waals surface area contributed by atoms with E-state index in [1.807, 2.05) is 0 Å². The number of benzene rings is 1. The van der Waals surface area contributed by atoms with Crippen LogP contribution < -0.4 is 5.46 Å². The maximum atomic E-state index is 13.5. The number of hydrogen-bond acceptors (Lipinski definition) is 4. The summed E-state index contributed by atoms with van der Waals surface area (Å²) in [6.45, 7) is 7.03. The van der Waals surface area contributed by atoms with Crippen LogP contribution in [0.25, 0.3) is 0 Å². The van der Waals surface area contributed by atoms with Gasteiger partial charge in [0.2, 0.25) is 0 Å². The molecule has 4 nitrogen and oxygen atoms in total. The van der Waals surface area contributed by atoms with E-state index in [9.17, 15) is 4.39 Å². The predicted molar refractivity (Wildman–Crippen MR) is 78.2 cm³/mol. The van der Waals surface area contributed by atoms with E-state index >= 15 is 0 Å². The van der Waals surface area contributed by atoms with Crippen LogP contribution in [0, 0.1) is 11.7 Å². The first-order valence-corrected chi connectivity index (χ1v) is 6.79. The summed E-state index contributed by atoms with van der Waals surface area (Å²) in [5.41, 5.74) is 0.904. The molecule has 0 aromatic heterocycles. The van der Waals surface area contributed by atoms with Crippen molar-refractivity contribution in [2.75, 3.05) is 26.8 Å². The molecule has 0 aliphatic rings. The molecule has 0 radical (unpaired) electrons. The van der Waals surface area contributed by atoms with Gasteiger partial charge in [-0.3, -0.25) is 4.90 Å². The Labute approximate surface area is 120 Å². The van der Waals surface area contributed by atoms with Crippen LogP contribution in [0.2, 0.25) is 0 Å². The van der Waals surface area contributed by atoms with E-state index in [0.717, 1.165) is 24.7 Å². The fraction of sp³-hybridized carbons (Fsp3) is 0.571. The molecule has 0 heterocycles. The Bertz CT molecular complexity index is 415. The van der Waals surface area contributed by atoms with E-state index in [1.165, 1.54) is 6.07 Å². The number of nitrogens with zero attached hydrogens (tertiary/aromatic N) is 1. The van der Waals surface area contributed by atoms with Crippen molar-refractivity contribution in [3.8, 4) is 0 Å². The molecular weight excluding hydrogens is 260 g/mol. The van der Waals surface area contributed by atoms with Gasteiger partial charge in [-0.05, 0) is 29.1 Å². The van der Waals surface area contributed by atoms with Gasteiger partial charge in [0.05, 0.1) is 6.61 Å². The zero-order valence-corrected chi connectivity index (χ0v) is 12.3. The molecule has 20 heavy (non-hydrogen) atoms. The topological polar surface area (TPSA) is 52.9 Å². The monoisotopic (exact) mass is 283 g/mol. The highest BCUT2D eigenvalue weighted by molar-refractivity contribution is 6.58. The fourth-order valence-electron chi connectivity index (χ4n) is 2.15. The van der Waals surface area contributed by atoms with Gasteiger partial charge in [0.1, 0.15) is 5.82 Å². The summed E-state index contributed by atoms with van der Waals surface area (Å²) in [5, 5.41) is 18.3. The number of halogens is 1. The van der Waals surface area contributed by atoms with Crippen LogP contribution in [0.4, 0.5) is 4.39 Å². The second-order valence-electron chi connectivity index (χ2n) is 5.39. The van der Waals surface area contributed by atoms with Gasteiger partial charge in [-0.1, -0.05) is 19.9 Å². The number of ether oxygens (including phenoxy) is 1. The van der Waals surface area contributed by atoms with Crippen molar-refractivity contribution in [3.05, 3.63) is 29.6 Å². The lowest BCUT2D eigenvalue weighted by Gasteiger charge is -2.24. The smallest absolute Gasteiger partial charge is 0.423 e. The summed E-state index contributed by atoms with van der Waals surface area (Å²) in [6.07, 6.45) is 0. The van der Waals surface area contributed by atoms with Gasteiger partial charge in [0.15, 0.2) is 0 Å². The lowest BCUT2D eigenvalue weighted by Crippen LogP contribution is -2.33. The second-order valence-corrected chi connectivity index (χ2v) is 5.39. The van der Waals surface area contributed by atoms with Crippen LogP contribution in [0.5, 0.6) is 0 Å². The summed E-state index contributed by atoms with van der Waals surface area (Å²) in [6, 6.07) is 4.18. The third kappa shape index (κ3) is 6.01. The molecule has 112 valence electrons. The number of rotatable bonds is 8. The summed E-state index contributed by atoms with van der Waals surface area (Å²) < 4.78 is 18.6. The average Bonchev–Trinajstić information content (AvgIpc) is 2.34. The van der Waals surface area contributed by atoms with Gasteiger partial charge < -0.3 is 14.8 Å². The third-order valence-corrected chi connectivity index (χ3v) is 2.92. The maximum Gasteiger partial charge on any atom is 0.488 e. The van der Waals surface area contributed by atoms with E-state index in [2.05, 4.69) is 18.7 Å². The zero-order valence-electron chi connectivity index (χ0n) is 12.3. The lowest BCUT2D eigenvalue weighted by molar-refractivity contribution is 0.136. The first kappa shape index (κ1) is 17.1. The molecule has 0 aliphatic heterocycles. The molecular formula is C14H23BFNO3. The Hall–Kier alpha value is -0.945. The van der Waals surface area contributed by atoms with Crippen molar-refractivity contribution >= 4 is 12.6 Å². The van der Waals surface area contributed by atoms with Gasteiger partial charge in [-0.25, -0.2) is 4.39 Å². The molecule has 0 atom stereocenters. The van der Waals surface area contributed by atoms with Gasteiger partial charge in [-0.2, -0.15) is 0 Å². The van der Waals surface area contributed by atoms with Crippen molar-refractivity contribution in [2.24, 2.45) is 5.92 Å². The molecule has 0 saturated carbocycles. The largest absolute Gasteiger partial charge is 0.488 e. The molecule has 0 fully saturated rings. The molecule has 2 N–H and O–H groups in total. The Morgan fingerprint density at radius 1 is 1.30 bits per heavy atom. The van der Waals surface area contributed by atoms with E-state index in [4.69, 9.17) is 14.8 Å². The van der Waals surface area contributed by atoms with Gasteiger partial charge in [0.25, 0.3) is 0 Å². The van der Waals surface area contributed by atoms with E-state index in [0.29, 0.717) is 19.1 Å². The van der Waals surface area contributed by atoms with E-state index in [1.54, 1.807) is 13.2 Å². The van der Waals surface area contributed by atoms with Gasteiger partial charge >= 0.3 is 7.12 Å². The first-order valence-electron chi connectivity index (χ1n) is 6.79. The minimum atomic E-state index is -1.65. The number of methoxy groups -OCH3 is 1. The molecule has 0 aliphatic carbocycles. The van der Waals surface area contributed by atoms with Crippen molar-refractivity contribution in [3.63, 3.8) is 0 Å². The molecule has 0 spiro atoms. The number of hydrogen-bond donors (Lipinski definition) is 2. The van der Waals surface area contributed by atoms with Crippen LogP contribution in [-0.4, -0.2) is 48.9 Å². The SMILES string of the molecule is COCCN(Cc1cc(F)cc(B(O)O)c1)CC(C)C. The Balaban J connectivity index is 2.80. The molecule has 0 bridgehead atoms. The molecule has 1 aromatic carbocycles. The molecule has 1 rings (SSSR count). The second kappa shape index (κ2) is 8.37. The normalized spacial score (nSPS) is 11.4. The highest BCUT2D eigenvalue weighted by atomic mass is 19.1. The Morgan fingerprint density at radius 3 is 2.55 bits per heavy atom. The zero-order chi connectivity index (χ0) is 15.1. The first-order chi connectivity index (χ1) is 9.42. The van der Waals surface area contributed by atoms with Crippen LogP contribution in [0.15, 0.2) is 18.2 Å². The van der Waals surface area contributed by atoms with Crippen molar-refractivity contribution in [1.29, 1.82) is 0 Å². The van der Waals surface area contributed by atoms with Gasteiger partial charge in [-0.15, -0.1) is 0 Å². The standard InChI is InChI=1S/C14H23BFNO3/c1-11(2)9-17(4-5-20-3)10-12-6-13(15(18)19)8-14(16)7-12/h6-8,11,18-19H,4-5,9-10H2,1-3H3. The van der Waals surface area contributed by atoms with Crippen LogP contribution >= 0.6 is 0 Å². The maximum absolute atomic E-state index is 13.5. The van der Waals surface area contributed by atoms with Crippen molar-refractivity contribution < 1.29 is 19.2 Å². The third-order valence-electron chi connectivity index (χ3n) is 2.92. The minimum absolute atomic E-state index is 0.177. The predicted octanol–water partition coefficient (Wildman–Crippen LogP) is 0.610. The Kier molecular flexibility index (Phi) is 7.16. The van der Waals surface area contributed by atoms with E-state index in [-0.39, 0.29) is 5.46 Å². The molecule has 0 unspecified atom stereocenters. The molecule has 1 aromatic rings. The minimum Gasteiger partial charge on any atom is -0.423 e. The quantitative estimate of drug-likeness (QED) is 0.686. The molecule has 6 heteroatoms. The van der Waals surface area contributed by atoms with Crippen molar-refractivity contribution in [1.82, 2.24) is 4.90 Å². The highest BCUT2D eigenvalue weighted by Gasteiger charge is 2.15. The van der Waals surface area contributed by atoms with Crippen LogP contribution in [0.1, 0.15) is 19.4 Å². The van der Waals surface area contributed by atoms with Gasteiger partial charge in [0, 0.05) is 26.7 Å². The van der Waals surface area contributed by atoms with E-state index < -0.39 is 12.9 Å². The summed E-state index contributed by atoms with van der Waals surface area (Å²) in [4.78, 5) is 2.16. The van der Waals surface area contributed by atoms with Crippen LogP contribution in [-0.2, 0) is 11.3 Å². The Morgan fingerprint density at radius 2 is 2.00 bits per heavy atom. The summed E-state index contributed by atoms with van der Waals surface area (Å²) in [5.74, 6) is 0.0326. The molecule has 0 saturated heterocycles. The summed E-state index contributed by atoms with van der Waals surface area (Å²) >= 11 is 0. The van der Waals surface area contributed by atoms with Crippen molar-refractivity contribution in [2.45, 2.75) is 20.4 Å². The summed E-state index contributed by atoms with van der Waals surface area (Å²) in [7, 11) is -0.00218. The average molecular weight is 283 g/mol. The molecule has 0 amide bonds. The van der Waals surface area contributed by atoms with Crippen LogP contribution in [0.3, 0.4) is 0 Å².